The fourth-order valence-electron chi connectivity index (χ4n) is 2.67. The van der Waals surface area contributed by atoms with Gasteiger partial charge < -0.3 is 14.7 Å². The maximum atomic E-state index is 12.4. The summed E-state index contributed by atoms with van der Waals surface area (Å²) in [7, 11) is 0. The summed E-state index contributed by atoms with van der Waals surface area (Å²) < 4.78 is 5.32. The van der Waals surface area contributed by atoms with Gasteiger partial charge in [0, 0.05) is 13.1 Å². The van der Waals surface area contributed by atoms with Gasteiger partial charge in [0.05, 0.1) is 6.61 Å². The highest BCUT2D eigenvalue weighted by atomic mass is 32.1. The number of benzene rings is 1. The van der Waals surface area contributed by atoms with Crippen molar-refractivity contribution in [2.75, 3.05) is 29.9 Å². The van der Waals surface area contributed by atoms with E-state index in [9.17, 15) is 15.2 Å². The summed E-state index contributed by atoms with van der Waals surface area (Å²) in [5.41, 5.74) is 0.485. The molecule has 0 aliphatic carbocycles. The van der Waals surface area contributed by atoms with E-state index in [-0.39, 0.29) is 11.3 Å². The van der Waals surface area contributed by atoms with Crippen molar-refractivity contribution in [3.63, 3.8) is 0 Å². The van der Waals surface area contributed by atoms with Crippen LogP contribution < -0.4 is 15.0 Å². The predicted octanol–water partition coefficient (Wildman–Crippen LogP) is 2.79. The van der Waals surface area contributed by atoms with Crippen molar-refractivity contribution in [3.8, 4) is 17.6 Å². The molecule has 2 N–H and O–H groups in total. The normalized spacial score (nSPS) is 14.1. The molecule has 0 spiro atoms. The summed E-state index contributed by atoms with van der Waals surface area (Å²) in [6.45, 7) is 4.07. The van der Waals surface area contributed by atoms with Crippen LogP contribution in [0.15, 0.2) is 23.8 Å². The Morgan fingerprint density at radius 2 is 2.22 bits per heavy atom. The van der Waals surface area contributed by atoms with Gasteiger partial charge in [0.25, 0.3) is 5.91 Å². The van der Waals surface area contributed by atoms with Crippen molar-refractivity contribution < 1.29 is 14.6 Å². The number of anilines is 2. The maximum Gasteiger partial charge on any atom is 0.268 e. The van der Waals surface area contributed by atoms with E-state index in [1.54, 1.807) is 19.1 Å². The molecule has 0 saturated carbocycles. The summed E-state index contributed by atoms with van der Waals surface area (Å²) in [5.74, 6) is -0.267. The summed E-state index contributed by atoms with van der Waals surface area (Å²) in [4.78, 5) is 14.5. The van der Waals surface area contributed by atoms with Gasteiger partial charge in [0.15, 0.2) is 11.5 Å². The molecule has 1 amide bonds. The summed E-state index contributed by atoms with van der Waals surface area (Å²) in [6.07, 6.45) is 3.68. The van der Waals surface area contributed by atoms with Gasteiger partial charge in [-0.1, -0.05) is 17.4 Å². The van der Waals surface area contributed by atoms with Crippen molar-refractivity contribution in [2.45, 2.75) is 19.8 Å². The number of phenols is 1. The van der Waals surface area contributed by atoms with Crippen LogP contribution >= 0.6 is 11.3 Å². The third-order valence-electron chi connectivity index (χ3n) is 3.97. The van der Waals surface area contributed by atoms with E-state index in [1.165, 1.54) is 23.5 Å². The molecule has 8 nitrogen and oxygen atoms in total. The number of hydrogen-bond acceptors (Lipinski definition) is 8. The number of amides is 1. The van der Waals surface area contributed by atoms with Crippen LogP contribution in [0.3, 0.4) is 0 Å². The van der Waals surface area contributed by atoms with Crippen molar-refractivity contribution in [1.29, 1.82) is 5.26 Å². The third kappa shape index (κ3) is 4.54. The van der Waals surface area contributed by atoms with Crippen LogP contribution in [0.2, 0.25) is 0 Å². The summed E-state index contributed by atoms with van der Waals surface area (Å²) in [6, 6.07) is 6.51. The molecule has 3 rings (SSSR count). The maximum absolute atomic E-state index is 12.4. The van der Waals surface area contributed by atoms with Crippen LogP contribution in [0, 0.1) is 11.3 Å². The topological polar surface area (TPSA) is 111 Å². The van der Waals surface area contributed by atoms with Gasteiger partial charge >= 0.3 is 0 Å². The molecule has 1 saturated heterocycles. The molecule has 0 radical (unpaired) electrons. The number of carbonyl (C=O) groups excluding carboxylic acids is 1. The number of hydrogen-bond donors (Lipinski definition) is 2. The molecular formula is C18H19N5O3S. The summed E-state index contributed by atoms with van der Waals surface area (Å²) >= 11 is 1.29. The van der Waals surface area contributed by atoms with E-state index < -0.39 is 5.91 Å². The third-order valence-corrected chi connectivity index (χ3v) is 4.87. The number of carbonyl (C=O) groups is 1. The highest BCUT2D eigenvalue weighted by Gasteiger charge is 2.18. The number of aromatic nitrogens is 2. The molecule has 2 aromatic rings. The van der Waals surface area contributed by atoms with E-state index in [0.717, 1.165) is 31.1 Å². The van der Waals surface area contributed by atoms with Gasteiger partial charge in [-0.2, -0.15) is 5.26 Å². The van der Waals surface area contributed by atoms with E-state index in [1.807, 2.05) is 6.07 Å². The van der Waals surface area contributed by atoms with Crippen LogP contribution in [0.25, 0.3) is 6.08 Å². The molecule has 0 bridgehead atoms. The van der Waals surface area contributed by atoms with E-state index in [2.05, 4.69) is 20.4 Å². The second kappa shape index (κ2) is 8.51. The first-order chi connectivity index (χ1) is 13.1. The Labute approximate surface area is 160 Å². The van der Waals surface area contributed by atoms with Gasteiger partial charge in [0.1, 0.15) is 11.6 Å². The molecule has 27 heavy (non-hydrogen) atoms. The highest BCUT2D eigenvalue weighted by molar-refractivity contribution is 7.19. The Hall–Kier alpha value is -3.12. The number of rotatable bonds is 6. The van der Waals surface area contributed by atoms with Crippen LogP contribution in [0.5, 0.6) is 11.5 Å². The van der Waals surface area contributed by atoms with Gasteiger partial charge in [-0.05, 0) is 43.5 Å². The smallest absolute Gasteiger partial charge is 0.268 e. The number of phenolic OH excluding ortho intramolecular Hbond substituents is 1. The van der Waals surface area contributed by atoms with Gasteiger partial charge in [-0.15, -0.1) is 10.2 Å². The highest BCUT2D eigenvalue weighted by Crippen LogP contribution is 2.29. The number of nitriles is 1. The van der Waals surface area contributed by atoms with Crippen molar-refractivity contribution in [3.05, 3.63) is 29.3 Å². The minimum absolute atomic E-state index is 0.000242. The zero-order valence-corrected chi connectivity index (χ0v) is 15.6. The van der Waals surface area contributed by atoms with Crippen molar-refractivity contribution in [2.24, 2.45) is 0 Å². The number of ether oxygens (including phenoxy) is 1. The lowest BCUT2D eigenvalue weighted by molar-refractivity contribution is -0.112. The Morgan fingerprint density at radius 1 is 1.44 bits per heavy atom. The Balaban J connectivity index is 1.73. The predicted molar refractivity (Wildman–Crippen MR) is 103 cm³/mol. The Bertz CT molecular complexity index is 897. The molecule has 9 heteroatoms. The molecule has 140 valence electrons. The molecule has 1 aromatic carbocycles. The molecule has 1 fully saturated rings. The monoisotopic (exact) mass is 385 g/mol. The molecule has 0 unspecified atom stereocenters. The Kier molecular flexibility index (Phi) is 5.88. The lowest BCUT2D eigenvalue weighted by atomic mass is 10.1. The first-order valence-corrected chi connectivity index (χ1v) is 9.39. The molecule has 2 heterocycles. The average molecular weight is 385 g/mol. The zero-order chi connectivity index (χ0) is 19.2. The quantitative estimate of drug-likeness (QED) is 0.581. The minimum atomic E-state index is -0.562. The van der Waals surface area contributed by atoms with Crippen molar-refractivity contribution >= 4 is 33.6 Å². The lowest BCUT2D eigenvalue weighted by Gasteiger charge is -2.10. The Morgan fingerprint density at radius 3 is 2.93 bits per heavy atom. The zero-order valence-electron chi connectivity index (χ0n) is 14.8. The van der Waals surface area contributed by atoms with E-state index >= 15 is 0 Å². The van der Waals surface area contributed by atoms with Gasteiger partial charge in [0.2, 0.25) is 10.3 Å². The van der Waals surface area contributed by atoms with Crippen LogP contribution in [-0.4, -0.2) is 40.9 Å². The van der Waals surface area contributed by atoms with Crippen molar-refractivity contribution in [1.82, 2.24) is 10.2 Å². The second-order valence-electron chi connectivity index (χ2n) is 5.87. The van der Waals surface area contributed by atoms with Crippen LogP contribution in [0.4, 0.5) is 10.3 Å². The number of aromatic hydroxyl groups is 1. The molecule has 0 atom stereocenters. The van der Waals surface area contributed by atoms with Gasteiger partial charge in [-0.3, -0.25) is 10.1 Å². The van der Waals surface area contributed by atoms with E-state index in [0.29, 0.717) is 23.1 Å². The molecular weight excluding hydrogens is 366 g/mol. The fraction of sp³-hybridized carbons (Fsp3) is 0.333. The minimum Gasteiger partial charge on any atom is -0.504 e. The molecule has 1 aromatic heterocycles. The SMILES string of the molecule is CCOc1cc(C=C(C#N)C(=O)Nc2nnc(N3CCCC3)s2)ccc1O. The standard InChI is InChI=1S/C18H19N5O3S/c1-2-26-15-10-12(5-6-14(15)24)9-13(11-19)16(25)20-17-21-22-18(27-17)23-7-3-4-8-23/h5-6,9-10,24H,2-4,7-8H2,1H3,(H,20,21,25). The average Bonchev–Trinajstić information content (AvgIpc) is 3.34. The fourth-order valence-corrected chi connectivity index (χ4v) is 3.47. The molecule has 1 aliphatic heterocycles. The molecule has 1 aliphatic rings. The largest absolute Gasteiger partial charge is 0.504 e. The lowest BCUT2D eigenvalue weighted by Crippen LogP contribution is -2.17. The number of nitrogens with one attached hydrogen (secondary N) is 1. The first kappa shape index (κ1) is 18.7. The van der Waals surface area contributed by atoms with Crippen LogP contribution in [0.1, 0.15) is 25.3 Å². The van der Waals surface area contributed by atoms with E-state index in [4.69, 9.17) is 4.74 Å². The number of nitrogens with zero attached hydrogens (tertiary/aromatic N) is 4. The second-order valence-corrected chi connectivity index (χ2v) is 6.82. The van der Waals surface area contributed by atoms with Gasteiger partial charge in [-0.25, -0.2) is 0 Å². The first-order valence-electron chi connectivity index (χ1n) is 8.58. The van der Waals surface area contributed by atoms with Crippen LogP contribution in [-0.2, 0) is 4.79 Å². The summed E-state index contributed by atoms with van der Waals surface area (Å²) in [5, 5.41) is 30.9.